The number of azo groups is 1. The lowest BCUT2D eigenvalue weighted by Gasteiger charge is -2.23. The highest BCUT2D eigenvalue weighted by Crippen LogP contribution is 2.17. The summed E-state index contributed by atoms with van der Waals surface area (Å²) in [6.07, 6.45) is 6.58. The van der Waals surface area contributed by atoms with Crippen LogP contribution < -0.4 is 11.1 Å². The van der Waals surface area contributed by atoms with Crippen LogP contribution in [0, 0.1) is 0 Å². The number of aliphatic imine (C=N–C) groups is 1. The topological polar surface area (TPSA) is 101 Å². The van der Waals surface area contributed by atoms with Gasteiger partial charge in [-0.2, -0.15) is 0 Å². The summed E-state index contributed by atoms with van der Waals surface area (Å²) in [4.78, 5) is 12.1. The maximum atomic E-state index is 5.98. The summed E-state index contributed by atoms with van der Waals surface area (Å²) >= 11 is 0. The van der Waals surface area contributed by atoms with Crippen molar-refractivity contribution < 1.29 is 0 Å². The number of benzene rings is 1. The van der Waals surface area contributed by atoms with E-state index in [1.54, 1.807) is 30.9 Å². The average molecular weight is 279 g/mol. The first-order valence-electron chi connectivity index (χ1n) is 6.32. The molecule has 1 aliphatic heterocycles. The number of nitrogens with zero attached hydrogens (tertiary/aromatic N) is 5. The minimum atomic E-state index is -1.34. The maximum absolute atomic E-state index is 5.98. The Morgan fingerprint density at radius 1 is 1.05 bits per heavy atom. The van der Waals surface area contributed by atoms with Crippen molar-refractivity contribution in [1.29, 1.82) is 0 Å². The van der Waals surface area contributed by atoms with Crippen LogP contribution in [0.25, 0.3) is 5.57 Å². The highest BCUT2D eigenvalue weighted by Gasteiger charge is 2.24. The van der Waals surface area contributed by atoms with Crippen molar-refractivity contribution in [2.75, 3.05) is 0 Å². The highest BCUT2D eigenvalue weighted by atomic mass is 15.5. The van der Waals surface area contributed by atoms with Gasteiger partial charge in [0, 0.05) is 30.4 Å². The molecule has 104 valence electrons. The van der Waals surface area contributed by atoms with Crippen molar-refractivity contribution in [2.24, 2.45) is 21.0 Å². The first-order valence-corrected chi connectivity index (χ1v) is 6.32. The summed E-state index contributed by atoms with van der Waals surface area (Å²) in [5.74, 6) is -1.10. The lowest BCUT2D eigenvalue weighted by atomic mass is 10.1. The second-order valence-electron chi connectivity index (χ2n) is 4.34. The standard InChI is InChI=1S/C14H13N7/c15-14(21-20-13-16-7-4-8-17-13)18-9-12(10-19-14)11-5-2-1-3-6-11/h1-10,18H,15H2. The molecule has 0 radical (unpaired) electrons. The second-order valence-corrected chi connectivity index (χ2v) is 4.34. The van der Waals surface area contributed by atoms with E-state index >= 15 is 0 Å². The van der Waals surface area contributed by atoms with Gasteiger partial charge in [-0.3, -0.25) is 5.73 Å². The van der Waals surface area contributed by atoms with Crippen LogP contribution >= 0.6 is 0 Å². The molecule has 1 atom stereocenters. The number of rotatable bonds is 3. The molecule has 3 rings (SSSR count). The Morgan fingerprint density at radius 3 is 2.48 bits per heavy atom. The zero-order valence-electron chi connectivity index (χ0n) is 11.1. The van der Waals surface area contributed by atoms with Crippen LogP contribution in [0.4, 0.5) is 5.95 Å². The summed E-state index contributed by atoms with van der Waals surface area (Å²) in [6, 6.07) is 11.5. The van der Waals surface area contributed by atoms with Crippen molar-refractivity contribution in [3.8, 4) is 0 Å². The Morgan fingerprint density at radius 2 is 1.81 bits per heavy atom. The van der Waals surface area contributed by atoms with Crippen LogP contribution in [0.2, 0.25) is 0 Å². The zero-order chi connectivity index (χ0) is 14.5. The number of nitrogens with two attached hydrogens (primary N) is 1. The second kappa shape index (κ2) is 5.59. The van der Waals surface area contributed by atoms with E-state index in [-0.39, 0.29) is 5.95 Å². The Kier molecular flexibility index (Phi) is 3.48. The average Bonchev–Trinajstić information content (AvgIpc) is 2.56. The summed E-state index contributed by atoms with van der Waals surface area (Å²) in [5, 5.41) is 10.7. The molecule has 21 heavy (non-hydrogen) atoms. The first-order chi connectivity index (χ1) is 10.3. The van der Waals surface area contributed by atoms with Crippen LogP contribution in [0.1, 0.15) is 5.56 Å². The lowest BCUT2D eigenvalue weighted by Crippen LogP contribution is -2.49. The quantitative estimate of drug-likeness (QED) is 0.837. The molecule has 0 fully saturated rings. The third-order valence-corrected chi connectivity index (χ3v) is 2.79. The molecular formula is C14H13N7. The molecule has 0 bridgehead atoms. The van der Waals surface area contributed by atoms with Crippen LogP contribution in [-0.4, -0.2) is 22.1 Å². The molecule has 1 aromatic carbocycles. The van der Waals surface area contributed by atoms with E-state index < -0.39 is 5.91 Å². The SMILES string of the molecule is NC1(N=Nc2ncccn2)N=CC(c2ccccc2)=CN1. The molecule has 1 aromatic heterocycles. The minimum absolute atomic E-state index is 0.233. The van der Waals surface area contributed by atoms with Crippen LogP contribution in [0.5, 0.6) is 0 Å². The fourth-order valence-electron chi connectivity index (χ4n) is 1.73. The molecule has 0 saturated heterocycles. The Hall–Kier alpha value is -2.93. The monoisotopic (exact) mass is 279 g/mol. The summed E-state index contributed by atoms with van der Waals surface area (Å²) in [5.41, 5.74) is 7.94. The van der Waals surface area contributed by atoms with E-state index in [9.17, 15) is 0 Å². The van der Waals surface area contributed by atoms with E-state index in [2.05, 4.69) is 30.5 Å². The van der Waals surface area contributed by atoms with Gasteiger partial charge in [0.15, 0.2) is 0 Å². The fraction of sp³-hybridized carbons (Fsp3) is 0.0714. The molecule has 7 heteroatoms. The van der Waals surface area contributed by atoms with E-state index in [1.165, 1.54) is 0 Å². The predicted octanol–water partition coefficient (Wildman–Crippen LogP) is 1.85. The van der Waals surface area contributed by atoms with Gasteiger partial charge < -0.3 is 5.32 Å². The Balaban J connectivity index is 1.74. The maximum Gasteiger partial charge on any atom is 0.302 e. The molecule has 0 aliphatic carbocycles. The molecular weight excluding hydrogens is 266 g/mol. The minimum Gasteiger partial charge on any atom is -0.334 e. The highest BCUT2D eigenvalue weighted by molar-refractivity contribution is 6.10. The number of hydrogen-bond donors (Lipinski definition) is 2. The normalized spacial score (nSPS) is 21.1. The van der Waals surface area contributed by atoms with Crippen molar-refractivity contribution in [3.05, 3.63) is 60.6 Å². The van der Waals surface area contributed by atoms with Gasteiger partial charge in [0.05, 0.1) is 0 Å². The van der Waals surface area contributed by atoms with Crippen molar-refractivity contribution in [2.45, 2.75) is 5.91 Å². The van der Waals surface area contributed by atoms with E-state index in [0.717, 1.165) is 11.1 Å². The molecule has 1 aliphatic rings. The molecule has 3 N–H and O–H groups in total. The van der Waals surface area contributed by atoms with Crippen LogP contribution in [-0.2, 0) is 0 Å². The smallest absolute Gasteiger partial charge is 0.302 e. The van der Waals surface area contributed by atoms with Gasteiger partial charge in [0.25, 0.3) is 5.95 Å². The molecule has 7 nitrogen and oxygen atoms in total. The number of hydrogen-bond acceptors (Lipinski definition) is 7. The van der Waals surface area contributed by atoms with Crippen molar-refractivity contribution >= 4 is 17.7 Å². The molecule has 2 aromatic rings. The van der Waals surface area contributed by atoms with Gasteiger partial charge in [-0.05, 0) is 11.6 Å². The van der Waals surface area contributed by atoms with Gasteiger partial charge >= 0.3 is 5.91 Å². The molecule has 2 heterocycles. The Labute approximate surface area is 121 Å². The summed E-state index contributed by atoms with van der Waals surface area (Å²) < 4.78 is 0. The van der Waals surface area contributed by atoms with Gasteiger partial charge in [-0.25, -0.2) is 15.0 Å². The molecule has 0 spiro atoms. The number of nitrogens with one attached hydrogen (secondary N) is 1. The first kappa shape index (κ1) is 13.1. The Bertz CT molecular complexity index is 694. The van der Waals surface area contributed by atoms with E-state index in [4.69, 9.17) is 5.73 Å². The van der Waals surface area contributed by atoms with E-state index in [0.29, 0.717) is 0 Å². The largest absolute Gasteiger partial charge is 0.334 e. The fourth-order valence-corrected chi connectivity index (χ4v) is 1.73. The van der Waals surface area contributed by atoms with Crippen LogP contribution in [0.3, 0.4) is 0 Å². The lowest BCUT2D eigenvalue weighted by molar-refractivity contribution is 0.397. The van der Waals surface area contributed by atoms with Crippen molar-refractivity contribution in [3.63, 3.8) is 0 Å². The molecule has 0 amide bonds. The third-order valence-electron chi connectivity index (χ3n) is 2.79. The molecule has 1 unspecified atom stereocenters. The van der Waals surface area contributed by atoms with E-state index in [1.807, 2.05) is 30.3 Å². The predicted molar refractivity (Wildman–Crippen MR) is 79.5 cm³/mol. The van der Waals surface area contributed by atoms with Crippen LogP contribution in [0.15, 0.2) is 70.2 Å². The summed E-state index contributed by atoms with van der Waals surface area (Å²) in [7, 11) is 0. The zero-order valence-corrected chi connectivity index (χ0v) is 11.1. The van der Waals surface area contributed by atoms with Crippen molar-refractivity contribution in [1.82, 2.24) is 15.3 Å². The van der Waals surface area contributed by atoms with Gasteiger partial charge in [-0.1, -0.05) is 30.3 Å². The van der Waals surface area contributed by atoms with Gasteiger partial charge in [-0.15, -0.1) is 10.2 Å². The summed E-state index contributed by atoms with van der Waals surface area (Å²) in [6.45, 7) is 0. The number of allylic oxidation sites excluding steroid dienone is 1. The van der Waals surface area contributed by atoms with Gasteiger partial charge in [0.1, 0.15) is 0 Å². The molecule has 0 saturated carbocycles. The third kappa shape index (κ3) is 3.15. The number of aromatic nitrogens is 2. The van der Waals surface area contributed by atoms with Gasteiger partial charge in [0.2, 0.25) is 0 Å².